The monoisotopic (exact) mass is 343 g/mol. The minimum absolute atomic E-state index is 0.621. The van der Waals surface area contributed by atoms with Gasteiger partial charge < -0.3 is 9.42 Å². The number of piperidine rings is 1. The number of aromatic nitrogens is 3. The molecular weight excluding hydrogens is 314 g/mol. The SMILES string of the molecule is CCCCN(C)CC1CCN(Cc2nc(-c3cccnc3)no2)CC1. The third-order valence-electron chi connectivity index (χ3n) is 4.92. The molecule has 0 aliphatic carbocycles. The van der Waals surface area contributed by atoms with Gasteiger partial charge in [0.2, 0.25) is 11.7 Å². The minimum Gasteiger partial charge on any atom is -0.338 e. The van der Waals surface area contributed by atoms with Crippen molar-refractivity contribution in [1.29, 1.82) is 0 Å². The van der Waals surface area contributed by atoms with Gasteiger partial charge in [-0.1, -0.05) is 18.5 Å². The summed E-state index contributed by atoms with van der Waals surface area (Å²) >= 11 is 0. The van der Waals surface area contributed by atoms with Gasteiger partial charge in [-0.15, -0.1) is 0 Å². The van der Waals surface area contributed by atoms with E-state index in [0.29, 0.717) is 11.7 Å². The lowest BCUT2D eigenvalue weighted by atomic mass is 9.96. The van der Waals surface area contributed by atoms with Crippen LogP contribution < -0.4 is 0 Å². The number of pyridine rings is 1. The molecular formula is C19H29N5O. The van der Waals surface area contributed by atoms with E-state index in [9.17, 15) is 0 Å². The Labute approximate surface area is 150 Å². The zero-order valence-corrected chi connectivity index (χ0v) is 15.4. The lowest BCUT2D eigenvalue weighted by Gasteiger charge is -2.33. The molecule has 0 radical (unpaired) electrons. The van der Waals surface area contributed by atoms with E-state index in [2.05, 4.69) is 38.9 Å². The summed E-state index contributed by atoms with van der Waals surface area (Å²) in [6, 6.07) is 3.83. The smallest absolute Gasteiger partial charge is 0.241 e. The molecule has 0 N–H and O–H groups in total. The molecule has 2 aromatic heterocycles. The van der Waals surface area contributed by atoms with E-state index in [-0.39, 0.29) is 0 Å². The van der Waals surface area contributed by atoms with Gasteiger partial charge >= 0.3 is 0 Å². The molecule has 0 saturated carbocycles. The topological polar surface area (TPSA) is 58.3 Å². The summed E-state index contributed by atoms with van der Waals surface area (Å²) in [5.41, 5.74) is 0.895. The fraction of sp³-hybridized carbons (Fsp3) is 0.632. The molecule has 0 amide bonds. The summed E-state index contributed by atoms with van der Waals surface area (Å²) < 4.78 is 5.42. The van der Waals surface area contributed by atoms with Crippen LogP contribution in [0.5, 0.6) is 0 Å². The summed E-state index contributed by atoms with van der Waals surface area (Å²) in [6.45, 7) is 7.65. The third kappa shape index (κ3) is 5.34. The van der Waals surface area contributed by atoms with Crippen molar-refractivity contribution < 1.29 is 4.52 Å². The van der Waals surface area contributed by atoms with Crippen LogP contribution in [-0.2, 0) is 6.54 Å². The van der Waals surface area contributed by atoms with Crippen LogP contribution in [0.4, 0.5) is 0 Å². The molecule has 6 heteroatoms. The number of unbranched alkanes of at least 4 members (excludes halogenated alkanes) is 1. The van der Waals surface area contributed by atoms with Crippen molar-refractivity contribution in [3.63, 3.8) is 0 Å². The average Bonchev–Trinajstić information content (AvgIpc) is 3.11. The van der Waals surface area contributed by atoms with Crippen LogP contribution in [0.3, 0.4) is 0 Å². The second-order valence-electron chi connectivity index (χ2n) is 7.09. The predicted octanol–water partition coefficient (Wildman–Crippen LogP) is 3.08. The average molecular weight is 343 g/mol. The number of hydrogen-bond acceptors (Lipinski definition) is 6. The highest BCUT2D eigenvalue weighted by atomic mass is 16.5. The normalized spacial score (nSPS) is 16.6. The van der Waals surface area contributed by atoms with Crippen molar-refractivity contribution in [2.45, 2.75) is 39.2 Å². The molecule has 3 heterocycles. The molecule has 0 aromatic carbocycles. The second kappa shape index (κ2) is 9.06. The molecule has 1 aliphatic rings. The summed E-state index contributed by atoms with van der Waals surface area (Å²) in [7, 11) is 2.25. The van der Waals surface area contributed by atoms with Gasteiger partial charge in [0, 0.05) is 24.5 Å². The fourth-order valence-corrected chi connectivity index (χ4v) is 3.41. The lowest BCUT2D eigenvalue weighted by Crippen LogP contribution is -2.37. The molecule has 0 spiro atoms. The molecule has 25 heavy (non-hydrogen) atoms. The van der Waals surface area contributed by atoms with Crippen LogP contribution >= 0.6 is 0 Å². The van der Waals surface area contributed by atoms with E-state index in [0.717, 1.165) is 31.1 Å². The van der Waals surface area contributed by atoms with Crippen molar-refractivity contribution in [3.8, 4) is 11.4 Å². The largest absolute Gasteiger partial charge is 0.338 e. The summed E-state index contributed by atoms with van der Waals surface area (Å²) in [6.07, 6.45) is 8.57. The molecule has 136 valence electrons. The van der Waals surface area contributed by atoms with E-state index in [1.54, 1.807) is 12.4 Å². The van der Waals surface area contributed by atoms with E-state index < -0.39 is 0 Å². The number of rotatable bonds is 8. The molecule has 0 unspecified atom stereocenters. The Balaban J connectivity index is 1.44. The van der Waals surface area contributed by atoms with Crippen LogP contribution in [0.25, 0.3) is 11.4 Å². The quantitative estimate of drug-likeness (QED) is 0.734. The maximum Gasteiger partial charge on any atom is 0.241 e. The first-order chi connectivity index (χ1) is 12.2. The Morgan fingerprint density at radius 3 is 2.88 bits per heavy atom. The highest BCUT2D eigenvalue weighted by molar-refractivity contribution is 5.51. The summed E-state index contributed by atoms with van der Waals surface area (Å²) in [5.74, 6) is 2.12. The molecule has 1 fully saturated rings. The maximum atomic E-state index is 5.42. The van der Waals surface area contributed by atoms with E-state index in [1.807, 2.05) is 12.1 Å². The first-order valence-electron chi connectivity index (χ1n) is 9.38. The van der Waals surface area contributed by atoms with Gasteiger partial charge in [-0.2, -0.15) is 4.98 Å². The molecule has 6 nitrogen and oxygen atoms in total. The lowest BCUT2D eigenvalue weighted by molar-refractivity contribution is 0.137. The van der Waals surface area contributed by atoms with Crippen LogP contribution in [0.15, 0.2) is 29.0 Å². The Morgan fingerprint density at radius 2 is 2.16 bits per heavy atom. The highest BCUT2D eigenvalue weighted by Gasteiger charge is 2.22. The zero-order chi connectivity index (χ0) is 17.5. The Kier molecular flexibility index (Phi) is 6.53. The first kappa shape index (κ1) is 18.0. The van der Waals surface area contributed by atoms with Crippen LogP contribution in [0.1, 0.15) is 38.5 Å². The summed E-state index contributed by atoms with van der Waals surface area (Å²) in [5, 5.41) is 4.08. The number of hydrogen-bond donors (Lipinski definition) is 0. The number of likely N-dealkylation sites (tertiary alicyclic amines) is 1. The van der Waals surface area contributed by atoms with Crippen LogP contribution in [0.2, 0.25) is 0 Å². The summed E-state index contributed by atoms with van der Waals surface area (Å²) in [4.78, 5) is 13.5. The Morgan fingerprint density at radius 1 is 1.32 bits per heavy atom. The van der Waals surface area contributed by atoms with E-state index in [1.165, 1.54) is 38.8 Å². The second-order valence-corrected chi connectivity index (χ2v) is 7.09. The highest BCUT2D eigenvalue weighted by Crippen LogP contribution is 2.20. The van der Waals surface area contributed by atoms with Gasteiger partial charge in [0.15, 0.2) is 0 Å². The minimum atomic E-state index is 0.621. The van der Waals surface area contributed by atoms with Gasteiger partial charge in [0.1, 0.15) is 0 Å². The zero-order valence-electron chi connectivity index (χ0n) is 15.4. The Hall–Kier alpha value is -1.79. The standard InChI is InChI=1S/C19H29N5O/c1-3-4-10-23(2)14-16-7-11-24(12-8-16)15-18-21-19(22-25-18)17-6-5-9-20-13-17/h5-6,9,13,16H,3-4,7-8,10-12,14-15H2,1-2H3. The maximum absolute atomic E-state index is 5.42. The van der Waals surface area contributed by atoms with E-state index in [4.69, 9.17) is 4.52 Å². The van der Waals surface area contributed by atoms with Gasteiger partial charge in [0.25, 0.3) is 0 Å². The molecule has 0 bridgehead atoms. The van der Waals surface area contributed by atoms with Crippen molar-refractivity contribution in [2.24, 2.45) is 5.92 Å². The van der Waals surface area contributed by atoms with Gasteiger partial charge in [-0.05, 0) is 64.0 Å². The first-order valence-corrected chi connectivity index (χ1v) is 9.38. The van der Waals surface area contributed by atoms with Crippen molar-refractivity contribution in [3.05, 3.63) is 30.4 Å². The van der Waals surface area contributed by atoms with Crippen molar-refractivity contribution in [1.82, 2.24) is 24.9 Å². The Bertz CT molecular complexity index is 622. The predicted molar refractivity (Wildman–Crippen MR) is 97.9 cm³/mol. The molecule has 2 aromatic rings. The molecule has 3 rings (SSSR count). The van der Waals surface area contributed by atoms with Crippen molar-refractivity contribution in [2.75, 3.05) is 33.2 Å². The molecule has 1 saturated heterocycles. The van der Waals surface area contributed by atoms with E-state index >= 15 is 0 Å². The molecule has 1 aliphatic heterocycles. The van der Waals surface area contributed by atoms with Gasteiger partial charge in [-0.25, -0.2) is 0 Å². The van der Waals surface area contributed by atoms with Gasteiger partial charge in [0.05, 0.1) is 6.54 Å². The van der Waals surface area contributed by atoms with Crippen LogP contribution in [-0.4, -0.2) is 58.2 Å². The van der Waals surface area contributed by atoms with Crippen molar-refractivity contribution >= 4 is 0 Å². The van der Waals surface area contributed by atoms with Crippen LogP contribution in [0, 0.1) is 5.92 Å². The third-order valence-corrected chi connectivity index (χ3v) is 4.92. The number of nitrogens with zero attached hydrogens (tertiary/aromatic N) is 5. The van der Waals surface area contributed by atoms with Gasteiger partial charge in [-0.3, -0.25) is 9.88 Å². The fourth-order valence-electron chi connectivity index (χ4n) is 3.41. The molecule has 0 atom stereocenters.